The van der Waals surface area contributed by atoms with Crippen LogP contribution in [0.2, 0.25) is 0 Å². The Hall–Kier alpha value is -4.19. The van der Waals surface area contributed by atoms with Crippen molar-refractivity contribution in [2.45, 2.75) is 13.1 Å². The third kappa shape index (κ3) is 4.28. The van der Waals surface area contributed by atoms with Crippen LogP contribution in [-0.4, -0.2) is 33.0 Å². The Morgan fingerprint density at radius 1 is 0.970 bits per heavy atom. The fourth-order valence-electron chi connectivity index (χ4n) is 4.08. The third-order valence-electron chi connectivity index (χ3n) is 5.79. The van der Waals surface area contributed by atoms with E-state index in [4.69, 9.17) is 4.74 Å². The van der Waals surface area contributed by atoms with Gasteiger partial charge < -0.3 is 9.64 Å². The molecular formula is C27H23N3O3. The van der Waals surface area contributed by atoms with E-state index < -0.39 is 0 Å². The molecule has 0 saturated heterocycles. The molecule has 0 spiro atoms. The van der Waals surface area contributed by atoms with Gasteiger partial charge in [0.05, 0.1) is 11.8 Å². The lowest BCUT2D eigenvalue weighted by Crippen LogP contribution is -2.23. The number of hydrogen-bond donors (Lipinski definition) is 0. The van der Waals surface area contributed by atoms with Crippen LogP contribution in [0, 0.1) is 0 Å². The monoisotopic (exact) mass is 437 g/mol. The van der Waals surface area contributed by atoms with Gasteiger partial charge in [-0.15, -0.1) is 0 Å². The number of carbonyl (C=O) groups is 2. The predicted octanol–water partition coefficient (Wildman–Crippen LogP) is 4.50. The van der Waals surface area contributed by atoms with Crippen LogP contribution in [0.3, 0.4) is 0 Å². The average molecular weight is 437 g/mol. The summed E-state index contributed by atoms with van der Waals surface area (Å²) >= 11 is 0. The summed E-state index contributed by atoms with van der Waals surface area (Å²) in [4.78, 5) is 27.4. The van der Waals surface area contributed by atoms with Crippen LogP contribution in [0.25, 0.3) is 11.1 Å². The van der Waals surface area contributed by atoms with E-state index >= 15 is 0 Å². The van der Waals surface area contributed by atoms with Crippen LogP contribution < -0.4 is 4.74 Å². The lowest BCUT2D eigenvalue weighted by molar-refractivity contribution is 0.0760. The molecule has 0 radical (unpaired) electrons. The highest BCUT2D eigenvalue weighted by Gasteiger charge is 2.30. The molecule has 1 aromatic heterocycles. The molecule has 0 N–H and O–H groups in total. The summed E-state index contributed by atoms with van der Waals surface area (Å²) in [6, 6.07) is 22.7. The van der Waals surface area contributed by atoms with Gasteiger partial charge in [0.25, 0.3) is 5.91 Å². The van der Waals surface area contributed by atoms with Crippen molar-refractivity contribution in [2.75, 3.05) is 6.61 Å². The molecule has 0 saturated carbocycles. The second-order valence-corrected chi connectivity index (χ2v) is 8.13. The third-order valence-corrected chi connectivity index (χ3v) is 5.79. The van der Waals surface area contributed by atoms with Gasteiger partial charge in [0, 0.05) is 37.5 Å². The van der Waals surface area contributed by atoms with Crippen LogP contribution in [0.5, 0.6) is 5.75 Å². The number of hydrogen-bond acceptors (Lipinski definition) is 4. The summed E-state index contributed by atoms with van der Waals surface area (Å²) in [5.74, 6) is 0.254. The van der Waals surface area contributed by atoms with Crippen LogP contribution in [0.15, 0.2) is 85.2 Å². The molecule has 0 atom stereocenters. The number of nitrogens with zero attached hydrogens (tertiary/aromatic N) is 3. The van der Waals surface area contributed by atoms with E-state index in [0.29, 0.717) is 30.0 Å². The van der Waals surface area contributed by atoms with Crippen molar-refractivity contribution >= 4 is 11.7 Å². The maximum atomic E-state index is 13.2. The van der Waals surface area contributed by atoms with Gasteiger partial charge in [-0.05, 0) is 22.8 Å². The molecule has 5 rings (SSSR count). The van der Waals surface area contributed by atoms with Crippen molar-refractivity contribution in [1.29, 1.82) is 0 Å². The van der Waals surface area contributed by atoms with Gasteiger partial charge in [0.2, 0.25) is 0 Å². The Labute approximate surface area is 192 Å². The Kier molecular flexibility index (Phi) is 5.48. The number of benzene rings is 3. The maximum Gasteiger partial charge on any atom is 0.258 e. The zero-order chi connectivity index (χ0) is 22.8. The smallest absolute Gasteiger partial charge is 0.258 e. The number of aryl methyl sites for hydroxylation is 1. The molecule has 0 fully saturated rings. The molecule has 0 unspecified atom stereocenters. The first-order valence-electron chi connectivity index (χ1n) is 10.8. The molecule has 0 aliphatic carbocycles. The molecule has 1 aliphatic heterocycles. The molecule has 2 heterocycles. The molecule has 164 valence electrons. The number of fused-ring (bicyclic) bond motifs is 1. The fraction of sp³-hybridized carbons (Fsp3) is 0.148. The van der Waals surface area contributed by atoms with E-state index in [0.717, 1.165) is 22.3 Å². The Morgan fingerprint density at radius 3 is 2.48 bits per heavy atom. The minimum atomic E-state index is -0.121. The van der Waals surface area contributed by atoms with Crippen LogP contribution in [0.1, 0.15) is 31.8 Å². The number of Topliss-reactive ketones (excluding diaryl/α,β-unsaturated/α-hetero) is 1. The zero-order valence-corrected chi connectivity index (χ0v) is 18.3. The standard InChI is InChI=1S/C27H23N3O3/c1-29-16-23(14-28-29)20-12-10-19(11-13-20)15-30-17-22-8-5-9-25(26(22)27(30)32)33-18-24(31)21-6-3-2-4-7-21/h2-14,16H,15,17-18H2,1H3. The summed E-state index contributed by atoms with van der Waals surface area (Å²) in [5, 5.41) is 4.21. The Bertz CT molecular complexity index is 1310. The number of rotatable bonds is 7. The van der Waals surface area contributed by atoms with Crippen molar-refractivity contribution in [1.82, 2.24) is 14.7 Å². The number of ether oxygens (including phenoxy) is 1. The minimum Gasteiger partial charge on any atom is -0.485 e. The highest BCUT2D eigenvalue weighted by Crippen LogP contribution is 2.32. The van der Waals surface area contributed by atoms with E-state index in [2.05, 4.69) is 5.10 Å². The quantitative estimate of drug-likeness (QED) is 0.399. The van der Waals surface area contributed by atoms with Crippen molar-refractivity contribution in [3.8, 4) is 16.9 Å². The molecule has 4 aromatic rings. The second kappa shape index (κ2) is 8.74. The molecular weight excluding hydrogens is 414 g/mol. The average Bonchev–Trinajstić information content (AvgIpc) is 3.42. The molecule has 1 amide bonds. The zero-order valence-electron chi connectivity index (χ0n) is 18.3. The molecule has 0 bridgehead atoms. The largest absolute Gasteiger partial charge is 0.485 e. The topological polar surface area (TPSA) is 64.4 Å². The van der Waals surface area contributed by atoms with E-state index in [1.807, 2.05) is 74.0 Å². The van der Waals surface area contributed by atoms with E-state index in [-0.39, 0.29) is 18.3 Å². The number of ketones is 1. The van der Waals surface area contributed by atoms with Gasteiger partial charge in [0.15, 0.2) is 12.4 Å². The van der Waals surface area contributed by atoms with Gasteiger partial charge in [-0.3, -0.25) is 14.3 Å². The predicted molar refractivity (Wildman–Crippen MR) is 125 cm³/mol. The lowest BCUT2D eigenvalue weighted by atomic mass is 10.1. The lowest BCUT2D eigenvalue weighted by Gasteiger charge is -2.16. The maximum absolute atomic E-state index is 13.2. The normalized spacial score (nSPS) is 12.6. The number of carbonyl (C=O) groups excluding carboxylic acids is 2. The van der Waals surface area contributed by atoms with Crippen LogP contribution in [-0.2, 0) is 20.1 Å². The van der Waals surface area contributed by atoms with Crippen LogP contribution in [0.4, 0.5) is 0 Å². The Balaban J connectivity index is 1.27. The molecule has 33 heavy (non-hydrogen) atoms. The molecule has 3 aromatic carbocycles. The van der Waals surface area contributed by atoms with E-state index in [1.165, 1.54) is 0 Å². The number of amides is 1. The summed E-state index contributed by atoms with van der Waals surface area (Å²) in [6.45, 7) is 0.912. The SMILES string of the molecule is Cn1cc(-c2ccc(CN3Cc4cccc(OCC(=O)c5ccccc5)c4C3=O)cc2)cn1. The van der Waals surface area contributed by atoms with Gasteiger partial charge in [-0.2, -0.15) is 5.10 Å². The molecule has 6 heteroatoms. The van der Waals surface area contributed by atoms with Crippen molar-refractivity contribution in [2.24, 2.45) is 7.05 Å². The van der Waals surface area contributed by atoms with Gasteiger partial charge >= 0.3 is 0 Å². The molecule has 6 nitrogen and oxygen atoms in total. The first-order valence-corrected chi connectivity index (χ1v) is 10.8. The summed E-state index contributed by atoms with van der Waals surface area (Å²) in [6.07, 6.45) is 3.80. The number of aromatic nitrogens is 2. The first-order chi connectivity index (χ1) is 16.1. The summed E-state index contributed by atoms with van der Waals surface area (Å²) in [7, 11) is 1.89. The summed E-state index contributed by atoms with van der Waals surface area (Å²) < 4.78 is 7.57. The summed E-state index contributed by atoms with van der Waals surface area (Å²) in [5.41, 5.74) is 5.24. The van der Waals surface area contributed by atoms with Crippen molar-refractivity contribution in [3.05, 3.63) is 107 Å². The van der Waals surface area contributed by atoms with E-state index in [1.54, 1.807) is 27.8 Å². The van der Waals surface area contributed by atoms with Crippen LogP contribution >= 0.6 is 0 Å². The van der Waals surface area contributed by atoms with Gasteiger partial charge in [0.1, 0.15) is 5.75 Å². The minimum absolute atomic E-state index is 0.0795. The highest BCUT2D eigenvalue weighted by molar-refractivity contribution is 6.01. The van der Waals surface area contributed by atoms with Gasteiger partial charge in [-0.1, -0.05) is 66.7 Å². The fourth-order valence-corrected chi connectivity index (χ4v) is 4.08. The van der Waals surface area contributed by atoms with E-state index in [9.17, 15) is 9.59 Å². The first kappa shape index (κ1) is 20.7. The van der Waals surface area contributed by atoms with Crippen molar-refractivity contribution in [3.63, 3.8) is 0 Å². The van der Waals surface area contributed by atoms with Crippen molar-refractivity contribution < 1.29 is 14.3 Å². The highest BCUT2D eigenvalue weighted by atomic mass is 16.5. The second-order valence-electron chi connectivity index (χ2n) is 8.13. The Morgan fingerprint density at radius 2 is 1.76 bits per heavy atom. The van der Waals surface area contributed by atoms with Gasteiger partial charge in [-0.25, -0.2) is 0 Å². The molecule has 1 aliphatic rings.